The predicted octanol–water partition coefficient (Wildman–Crippen LogP) is 2.16. The second kappa shape index (κ2) is 10.7. The van der Waals surface area contributed by atoms with Gasteiger partial charge in [-0.05, 0) is 51.2 Å². The van der Waals surface area contributed by atoms with E-state index in [2.05, 4.69) is 40.0 Å². The monoisotopic (exact) mass is 360 g/mol. The third kappa shape index (κ3) is 7.33. The van der Waals surface area contributed by atoms with Gasteiger partial charge in [0.05, 0.1) is 7.11 Å². The van der Waals surface area contributed by atoms with Crippen LogP contribution in [-0.2, 0) is 11.2 Å². The van der Waals surface area contributed by atoms with Crippen LogP contribution >= 0.6 is 0 Å². The quantitative estimate of drug-likeness (QED) is 0.340. The van der Waals surface area contributed by atoms with Gasteiger partial charge in [-0.1, -0.05) is 17.7 Å². The molecule has 1 fully saturated rings. The fourth-order valence-electron chi connectivity index (χ4n) is 2.72. The van der Waals surface area contributed by atoms with Gasteiger partial charge in [-0.2, -0.15) is 0 Å². The number of methoxy groups -OCH3 is 1. The summed E-state index contributed by atoms with van der Waals surface area (Å²) in [5.74, 6) is 1.86. The van der Waals surface area contributed by atoms with Crippen molar-refractivity contribution < 1.29 is 9.53 Å². The summed E-state index contributed by atoms with van der Waals surface area (Å²) in [6, 6.07) is 6.66. The molecule has 0 unspecified atom stereocenters. The molecule has 1 aromatic rings. The molecule has 0 aliphatic heterocycles. The Bertz CT molecular complexity index is 612. The molecule has 0 bridgehead atoms. The average Bonchev–Trinajstić information content (AvgIpc) is 3.42. The van der Waals surface area contributed by atoms with Crippen molar-refractivity contribution in [3.63, 3.8) is 0 Å². The normalized spacial score (nSPS) is 14.0. The molecule has 0 spiro atoms. The van der Waals surface area contributed by atoms with Crippen molar-refractivity contribution in [2.45, 2.75) is 52.0 Å². The van der Waals surface area contributed by atoms with Crippen molar-refractivity contribution in [3.05, 3.63) is 29.3 Å². The number of benzene rings is 1. The first-order valence-electron chi connectivity index (χ1n) is 9.57. The van der Waals surface area contributed by atoms with Crippen LogP contribution in [0.4, 0.5) is 0 Å². The van der Waals surface area contributed by atoms with Crippen LogP contribution in [0.2, 0.25) is 0 Å². The van der Waals surface area contributed by atoms with Crippen LogP contribution < -0.4 is 20.7 Å². The van der Waals surface area contributed by atoms with Gasteiger partial charge in [0.1, 0.15) is 5.75 Å². The van der Waals surface area contributed by atoms with E-state index in [0.717, 1.165) is 50.5 Å². The lowest BCUT2D eigenvalue weighted by molar-refractivity contribution is -0.121. The van der Waals surface area contributed by atoms with Crippen molar-refractivity contribution >= 4 is 11.9 Å². The Morgan fingerprint density at radius 2 is 2.12 bits per heavy atom. The number of amides is 1. The van der Waals surface area contributed by atoms with Gasteiger partial charge in [-0.25, -0.2) is 0 Å². The summed E-state index contributed by atoms with van der Waals surface area (Å²) < 4.78 is 5.43. The third-order valence-corrected chi connectivity index (χ3v) is 4.24. The number of rotatable bonds is 10. The van der Waals surface area contributed by atoms with Crippen molar-refractivity contribution in [1.82, 2.24) is 16.0 Å². The Labute approximate surface area is 156 Å². The van der Waals surface area contributed by atoms with E-state index in [4.69, 9.17) is 4.74 Å². The molecule has 0 aromatic heterocycles. The Morgan fingerprint density at radius 1 is 1.31 bits per heavy atom. The highest BCUT2D eigenvalue weighted by Gasteiger charge is 2.22. The van der Waals surface area contributed by atoms with Gasteiger partial charge in [0.15, 0.2) is 5.96 Å². The fourth-order valence-corrected chi connectivity index (χ4v) is 2.72. The zero-order valence-corrected chi connectivity index (χ0v) is 16.2. The lowest BCUT2D eigenvalue weighted by atomic mass is 10.1. The highest BCUT2D eigenvalue weighted by molar-refractivity contribution is 5.80. The summed E-state index contributed by atoms with van der Waals surface area (Å²) in [5, 5.41) is 9.60. The summed E-state index contributed by atoms with van der Waals surface area (Å²) in [7, 11) is 1.70. The molecule has 1 aliphatic carbocycles. The topological polar surface area (TPSA) is 74.8 Å². The van der Waals surface area contributed by atoms with Gasteiger partial charge >= 0.3 is 0 Å². The number of nitrogens with zero attached hydrogens (tertiary/aromatic N) is 1. The van der Waals surface area contributed by atoms with E-state index in [-0.39, 0.29) is 5.91 Å². The minimum atomic E-state index is 0.146. The molecule has 2 rings (SSSR count). The molecule has 144 valence electrons. The summed E-state index contributed by atoms with van der Waals surface area (Å²) in [5.41, 5.74) is 2.42. The maximum atomic E-state index is 11.7. The minimum absolute atomic E-state index is 0.146. The number of aryl methyl sites for hydroxylation is 1. The lowest BCUT2D eigenvalue weighted by Crippen LogP contribution is -2.38. The van der Waals surface area contributed by atoms with Gasteiger partial charge in [0, 0.05) is 32.1 Å². The minimum Gasteiger partial charge on any atom is -0.496 e. The molecule has 0 atom stereocenters. The van der Waals surface area contributed by atoms with Crippen LogP contribution in [0.1, 0.15) is 43.7 Å². The maximum absolute atomic E-state index is 11.7. The fraction of sp³-hybridized carbons (Fsp3) is 0.600. The van der Waals surface area contributed by atoms with E-state index in [9.17, 15) is 4.79 Å². The average molecular weight is 361 g/mol. The van der Waals surface area contributed by atoms with Gasteiger partial charge in [-0.3, -0.25) is 9.79 Å². The Hall–Kier alpha value is -2.24. The van der Waals surface area contributed by atoms with E-state index in [1.54, 1.807) is 7.11 Å². The zero-order chi connectivity index (χ0) is 18.8. The standard InChI is InChI=1S/C20H32N4O2/c1-4-21-20(22-12-5-6-19(25)24-17-8-9-17)23-13-11-16-14-15(2)7-10-18(16)26-3/h7,10,14,17H,4-6,8-9,11-13H2,1-3H3,(H,24,25)(H2,21,22,23). The molecule has 1 amide bonds. The van der Waals surface area contributed by atoms with Crippen molar-refractivity contribution in [2.24, 2.45) is 4.99 Å². The molecule has 1 aromatic carbocycles. The molecular weight excluding hydrogens is 328 g/mol. The zero-order valence-electron chi connectivity index (χ0n) is 16.2. The number of carbonyl (C=O) groups excluding carboxylic acids is 1. The predicted molar refractivity (Wildman–Crippen MR) is 106 cm³/mol. The highest BCUT2D eigenvalue weighted by Crippen LogP contribution is 2.20. The van der Waals surface area contributed by atoms with Crippen LogP contribution in [-0.4, -0.2) is 44.7 Å². The van der Waals surface area contributed by atoms with Crippen molar-refractivity contribution in [1.29, 1.82) is 0 Å². The summed E-state index contributed by atoms with van der Waals surface area (Å²) >= 11 is 0. The summed E-state index contributed by atoms with van der Waals surface area (Å²) in [6.07, 6.45) is 4.42. The van der Waals surface area contributed by atoms with Crippen molar-refractivity contribution in [2.75, 3.05) is 26.7 Å². The van der Waals surface area contributed by atoms with Crippen LogP contribution in [0.5, 0.6) is 5.75 Å². The number of guanidine groups is 1. The molecule has 1 aliphatic rings. The summed E-state index contributed by atoms with van der Waals surface area (Å²) in [6.45, 7) is 6.35. The van der Waals surface area contributed by atoms with Gasteiger partial charge in [0.2, 0.25) is 5.91 Å². The molecule has 6 nitrogen and oxygen atoms in total. The molecule has 0 heterocycles. The number of aliphatic imine (C=N–C) groups is 1. The molecule has 3 N–H and O–H groups in total. The highest BCUT2D eigenvalue weighted by atomic mass is 16.5. The Balaban J connectivity index is 1.74. The number of ether oxygens (including phenoxy) is 1. The van der Waals surface area contributed by atoms with Gasteiger partial charge in [-0.15, -0.1) is 0 Å². The lowest BCUT2D eigenvalue weighted by Gasteiger charge is -2.13. The first kappa shape index (κ1) is 20.1. The smallest absolute Gasteiger partial charge is 0.220 e. The molecule has 1 saturated carbocycles. The van der Waals surface area contributed by atoms with Crippen LogP contribution in [0.3, 0.4) is 0 Å². The SMILES string of the molecule is CCNC(=NCCCC(=O)NC1CC1)NCCc1cc(C)ccc1OC. The number of hydrogen-bond donors (Lipinski definition) is 3. The van der Waals surface area contributed by atoms with E-state index in [0.29, 0.717) is 19.0 Å². The van der Waals surface area contributed by atoms with Gasteiger partial charge < -0.3 is 20.7 Å². The maximum Gasteiger partial charge on any atom is 0.220 e. The number of carbonyl (C=O) groups is 1. The first-order chi connectivity index (χ1) is 12.6. The van der Waals surface area contributed by atoms with Crippen molar-refractivity contribution in [3.8, 4) is 5.75 Å². The van der Waals surface area contributed by atoms with Crippen LogP contribution in [0, 0.1) is 6.92 Å². The van der Waals surface area contributed by atoms with E-state index < -0.39 is 0 Å². The molecule has 0 saturated heterocycles. The summed E-state index contributed by atoms with van der Waals surface area (Å²) in [4.78, 5) is 16.2. The van der Waals surface area contributed by atoms with Gasteiger partial charge in [0.25, 0.3) is 0 Å². The van der Waals surface area contributed by atoms with E-state index >= 15 is 0 Å². The third-order valence-electron chi connectivity index (χ3n) is 4.24. The Morgan fingerprint density at radius 3 is 2.81 bits per heavy atom. The largest absolute Gasteiger partial charge is 0.496 e. The molecular formula is C20H32N4O2. The Kier molecular flexibility index (Phi) is 8.25. The first-order valence-corrected chi connectivity index (χ1v) is 9.57. The van der Waals surface area contributed by atoms with E-state index in [1.807, 2.05) is 13.0 Å². The number of hydrogen-bond acceptors (Lipinski definition) is 3. The molecule has 0 radical (unpaired) electrons. The second-order valence-electron chi connectivity index (χ2n) is 6.70. The van der Waals surface area contributed by atoms with E-state index in [1.165, 1.54) is 11.1 Å². The van der Waals surface area contributed by atoms with Crippen LogP contribution in [0.25, 0.3) is 0 Å². The van der Waals surface area contributed by atoms with Crippen LogP contribution in [0.15, 0.2) is 23.2 Å². The molecule has 6 heteroatoms. The molecule has 26 heavy (non-hydrogen) atoms. The second-order valence-corrected chi connectivity index (χ2v) is 6.70. The number of nitrogens with one attached hydrogen (secondary N) is 3.